The fourth-order valence-corrected chi connectivity index (χ4v) is 11.7. The number of hydrogen-bond acceptors (Lipinski definition) is 7. The molecular formula is C70H61F3N2O8S. The lowest BCUT2D eigenvalue weighted by molar-refractivity contribution is -0.144. The molecule has 0 aliphatic carbocycles. The number of ketones is 2. The lowest BCUT2D eigenvalue weighted by Crippen LogP contribution is -2.16. The number of aliphatic carboxylic acids is 1. The molecule has 0 saturated carbocycles. The third kappa shape index (κ3) is 14.7. The van der Waals surface area contributed by atoms with Gasteiger partial charge in [0.15, 0.2) is 5.78 Å². The van der Waals surface area contributed by atoms with Gasteiger partial charge in [-0.2, -0.15) is 0 Å². The van der Waals surface area contributed by atoms with E-state index in [9.17, 15) is 45.9 Å². The average Bonchev–Trinajstić information content (AvgIpc) is 3.55. The molecule has 0 aliphatic rings. The van der Waals surface area contributed by atoms with Crippen LogP contribution in [0.25, 0.3) is 44.8 Å². The van der Waals surface area contributed by atoms with Crippen LogP contribution < -0.4 is 0 Å². The van der Waals surface area contributed by atoms with E-state index in [1.54, 1.807) is 90.4 Å². The summed E-state index contributed by atoms with van der Waals surface area (Å²) in [6, 6.07) is 63.7. The molecule has 0 bridgehead atoms. The number of esters is 1. The zero-order valence-electron chi connectivity index (χ0n) is 46.7. The molecule has 2 heterocycles. The van der Waals surface area contributed by atoms with E-state index in [0.717, 1.165) is 50.3 Å². The van der Waals surface area contributed by atoms with Crippen LogP contribution >= 0.6 is 0 Å². The van der Waals surface area contributed by atoms with E-state index >= 15 is 0 Å². The van der Waals surface area contributed by atoms with Gasteiger partial charge < -0.3 is 19.0 Å². The lowest BCUT2D eigenvalue weighted by atomic mass is 9.87. The van der Waals surface area contributed by atoms with Gasteiger partial charge in [-0.1, -0.05) is 164 Å². The second kappa shape index (κ2) is 27.9. The Kier molecular flexibility index (Phi) is 20.1. The van der Waals surface area contributed by atoms with E-state index in [4.69, 9.17) is 4.74 Å². The number of nitrogens with zero attached hydrogens (tertiary/aromatic N) is 2. The first-order chi connectivity index (χ1) is 40.4. The second-order valence-electron chi connectivity index (χ2n) is 19.8. The van der Waals surface area contributed by atoms with Crippen LogP contribution in [0.2, 0.25) is 0 Å². The van der Waals surface area contributed by atoms with Gasteiger partial charge in [-0.15, -0.1) is 0 Å². The minimum Gasteiger partial charge on any atom is -0.480 e. The summed E-state index contributed by atoms with van der Waals surface area (Å²) < 4.78 is 77.4. The first-order valence-corrected chi connectivity index (χ1v) is 28.6. The topological polar surface area (TPSA) is 142 Å². The highest BCUT2D eigenvalue weighted by Crippen LogP contribution is 2.42. The van der Waals surface area contributed by atoms with E-state index in [2.05, 4.69) is 0 Å². The number of carboxylic acids is 1. The molecule has 1 N–H and O–H groups in total. The van der Waals surface area contributed by atoms with Crippen molar-refractivity contribution in [2.24, 2.45) is 0 Å². The first kappa shape index (κ1) is 60.4. The van der Waals surface area contributed by atoms with Crippen molar-refractivity contribution in [3.8, 4) is 44.8 Å². The van der Waals surface area contributed by atoms with E-state index in [1.165, 1.54) is 49.4 Å². The molecule has 8 aromatic carbocycles. The van der Waals surface area contributed by atoms with Crippen molar-refractivity contribution in [2.75, 3.05) is 6.61 Å². The Bertz CT molecular complexity index is 4050. The number of rotatable bonds is 18. The number of ether oxygens (including phenoxy) is 1. The molecule has 0 saturated heterocycles. The minimum absolute atomic E-state index is 0.0661. The number of carboxylic acid groups (broad SMARTS) is 1. The quantitative estimate of drug-likeness (QED) is 0.0661. The molecule has 14 heteroatoms. The van der Waals surface area contributed by atoms with Crippen molar-refractivity contribution in [1.82, 2.24) is 9.13 Å². The Morgan fingerprint density at radius 1 is 0.560 bits per heavy atom. The van der Waals surface area contributed by atoms with Crippen LogP contribution in [0.3, 0.4) is 0 Å². The molecule has 10 rings (SSSR count). The normalized spacial score (nSPS) is 11.3. The van der Waals surface area contributed by atoms with Crippen LogP contribution in [0.1, 0.15) is 64.6 Å². The van der Waals surface area contributed by atoms with Crippen LogP contribution in [0.15, 0.2) is 234 Å². The maximum absolute atomic E-state index is 14.4. The van der Waals surface area contributed by atoms with E-state index < -0.39 is 33.4 Å². The van der Waals surface area contributed by atoms with Gasteiger partial charge >= 0.3 is 11.9 Å². The van der Waals surface area contributed by atoms with Gasteiger partial charge in [-0.05, 0) is 116 Å². The number of hydrogen-bond donors (Lipinski definition) is 1. The van der Waals surface area contributed by atoms with Gasteiger partial charge in [0.1, 0.15) is 36.3 Å². The van der Waals surface area contributed by atoms with Crippen LogP contribution in [0, 0.1) is 31.3 Å². The number of benzene rings is 8. The van der Waals surface area contributed by atoms with E-state index in [-0.39, 0.29) is 59.1 Å². The smallest absolute Gasteiger partial charge is 0.325 e. The molecule has 0 amide bonds. The highest BCUT2D eigenvalue weighted by molar-refractivity contribution is 7.91. The van der Waals surface area contributed by atoms with Gasteiger partial charge in [0.05, 0.1) is 33.7 Å². The number of aromatic nitrogens is 2. The minimum atomic E-state index is -3.81. The number of Topliss-reactive ketones (excluding diaryl/α,β-unsaturated/α-hetero) is 2. The molecule has 0 radical (unpaired) electrons. The summed E-state index contributed by atoms with van der Waals surface area (Å²) in [5, 5.41) is 9.78. The summed E-state index contributed by atoms with van der Waals surface area (Å²) in [6.45, 7) is 7.09. The largest absolute Gasteiger partial charge is 0.480 e. The molecule has 2 aromatic heterocycles. The van der Waals surface area contributed by atoms with E-state index in [0.29, 0.717) is 34.7 Å². The molecule has 10 aromatic rings. The zero-order valence-corrected chi connectivity index (χ0v) is 47.5. The van der Waals surface area contributed by atoms with Gasteiger partial charge in [-0.25, -0.2) is 21.6 Å². The van der Waals surface area contributed by atoms with Crippen LogP contribution in [-0.4, -0.2) is 52.8 Å². The molecule has 1 unspecified atom stereocenters. The first-order valence-electron chi connectivity index (χ1n) is 27.1. The Morgan fingerprint density at radius 2 is 1.07 bits per heavy atom. The predicted octanol–water partition coefficient (Wildman–Crippen LogP) is 15.4. The molecule has 0 spiro atoms. The van der Waals surface area contributed by atoms with Crippen LogP contribution in [-0.2, 0) is 48.5 Å². The van der Waals surface area contributed by atoms with Crippen molar-refractivity contribution >= 4 is 33.3 Å². The molecule has 84 heavy (non-hydrogen) atoms. The SMILES string of the molecule is CC(=O)CC(C(=O)c1cccc(F)c1)c1ccccc1.CCOC(=O)Cn1c(C)cc(-c2ccccc2)c1-c1cccc(F)c1.Cc1c(Cc2ccccc2S(=O)(=O)c2ccccc2)c(-c2ccccc2)c(-c2cccc(F)c2)n1CC(=O)O. The van der Waals surface area contributed by atoms with Gasteiger partial charge in [0, 0.05) is 52.0 Å². The summed E-state index contributed by atoms with van der Waals surface area (Å²) in [6.07, 6.45) is 0.354. The summed E-state index contributed by atoms with van der Waals surface area (Å²) in [7, 11) is -3.81. The van der Waals surface area contributed by atoms with Crippen molar-refractivity contribution in [1.29, 1.82) is 0 Å². The van der Waals surface area contributed by atoms with Crippen LogP contribution in [0.4, 0.5) is 13.2 Å². The van der Waals surface area contributed by atoms with Crippen molar-refractivity contribution < 1.29 is 50.6 Å². The predicted molar refractivity (Wildman–Crippen MR) is 321 cm³/mol. The fourth-order valence-electron chi connectivity index (χ4n) is 10.2. The second-order valence-corrected chi connectivity index (χ2v) is 21.7. The third-order valence-electron chi connectivity index (χ3n) is 14.0. The monoisotopic (exact) mass is 1150 g/mol. The molecule has 0 aliphatic heterocycles. The molecule has 10 nitrogen and oxygen atoms in total. The summed E-state index contributed by atoms with van der Waals surface area (Å²) in [5.74, 6) is -3.40. The van der Waals surface area contributed by atoms with Gasteiger partial charge in [0.25, 0.3) is 0 Å². The highest BCUT2D eigenvalue weighted by Gasteiger charge is 2.28. The van der Waals surface area contributed by atoms with Crippen molar-refractivity contribution in [3.05, 3.63) is 276 Å². The third-order valence-corrected chi connectivity index (χ3v) is 15.9. The van der Waals surface area contributed by atoms with Crippen molar-refractivity contribution in [3.63, 3.8) is 0 Å². The number of sulfone groups is 1. The Morgan fingerprint density at radius 3 is 1.63 bits per heavy atom. The number of halogens is 3. The summed E-state index contributed by atoms with van der Waals surface area (Å²) in [4.78, 5) is 48.3. The number of aryl methyl sites for hydroxylation is 1. The Hall–Kier alpha value is -9.66. The summed E-state index contributed by atoms with van der Waals surface area (Å²) in [5.41, 5.74) is 10.2. The Labute approximate surface area is 487 Å². The molecule has 1 atom stereocenters. The molecular weight excluding hydrogens is 1090 g/mol. The van der Waals surface area contributed by atoms with Crippen LogP contribution in [0.5, 0.6) is 0 Å². The maximum Gasteiger partial charge on any atom is 0.325 e. The standard InChI is InChI=1S/C32H26FNO4S.C21H20FNO2.C17H15FO2/c1-22-28(20-24-13-8-9-18-29(24)39(37,38)27-16-6-3-7-17-27)31(23-11-4-2-5-12-23)32(34(22)21-30(35)36)25-14-10-15-26(33)19-25;1-3-25-20(24)14-23-15(2)12-19(16-8-5-4-6-9-16)21(23)17-10-7-11-18(22)13-17;1-12(19)10-16(13-6-3-2-4-7-13)17(20)14-8-5-9-15(18)11-14/h2-19H,20-21H2,1H3,(H,35,36);4-13H,3,14H2,1-2H3;2-9,11,16H,10H2,1H3. The van der Waals surface area contributed by atoms with Gasteiger partial charge in [0.2, 0.25) is 9.84 Å². The lowest BCUT2D eigenvalue weighted by Gasteiger charge is -2.15. The van der Waals surface area contributed by atoms with Crippen molar-refractivity contribution in [2.45, 2.75) is 69.3 Å². The maximum atomic E-state index is 14.4. The molecule has 0 fully saturated rings. The highest BCUT2D eigenvalue weighted by atomic mass is 32.2. The van der Waals surface area contributed by atoms with Gasteiger partial charge in [-0.3, -0.25) is 19.2 Å². The molecule has 426 valence electrons. The Balaban J connectivity index is 0.000000176. The fraction of sp³-hybridized carbons (Fsp3) is 0.143. The van der Waals surface area contributed by atoms with E-state index in [1.807, 2.05) is 122 Å². The number of carbonyl (C=O) groups excluding carboxylic acids is 3. The zero-order chi connectivity index (χ0) is 59.9. The summed E-state index contributed by atoms with van der Waals surface area (Å²) >= 11 is 0. The average molecular weight is 1150 g/mol. The number of carbonyl (C=O) groups is 4.